The highest BCUT2D eigenvalue weighted by Gasteiger charge is 2.44. The molecule has 0 spiro atoms. The lowest BCUT2D eigenvalue weighted by Gasteiger charge is -2.31. The molecule has 122 valence electrons. The summed E-state index contributed by atoms with van der Waals surface area (Å²) in [7, 11) is 0. The Morgan fingerprint density at radius 3 is 2.92 bits per heavy atom. The van der Waals surface area contributed by atoms with Gasteiger partial charge < -0.3 is 9.30 Å². The largest absolute Gasteiger partial charge is 0.465 e. The van der Waals surface area contributed by atoms with Crippen LogP contribution in [0.1, 0.15) is 17.8 Å². The fraction of sp³-hybridized carbons (Fsp3) is 0.235. The van der Waals surface area contributed by atoms with Gasteiger partial charge >= 0.3 is 5.97 Å². The summed E-state index contributed by atoms with van der Waals surface area (Å²) in [6.07, 6.45) is 0. The number of para-hydroxylation sites is 2. The van der Waals surface area contributed by atoms with Gasteiger partial charge in [-0.3, -0.25) is 14.9 Å². The number of hydrogen-bond acceptors (Lipinski definition) is 5. The van der Waals surface area contributed by atoms with Crippen LogP contribution in [0, 0.1) is 5.92 Å². The molecule has 0 fully saturated rings. The molecule has 0 saturated heterocycles. The summed E-state index contributed by atoms with van der Waals surface area (Å²) >= 11 is 1.51. The topological polar surface area (TPSA) is 73.2 Å². The van der Waals surface area contributed by atoms with Gasteiger partial charge in [0.05, 0.1) is 23.7 Å². The first-order valence-electron chi connectivity index (χ1n) is 7.68. The van der Waals surface area contributed by atoms with Gasteiger partial charge in [-0.2, -0.15) is 0 Å². The van der Waals surface area contributed by atoms with Crippen LogP contribution in [0.3, 0.4) is 0 Å². The predicted molar refractivity (Wildman–Crippen MR) is 90.9 cm³/mol. The van der Waals surface area contributed by atoms with E-state index in [1.165, 1.54) is 11.3 Å². The molecule has 1 N–H and O–H groups in total. The highest BCUT2D eigenvalue weighted by Crippen LogP contribution is 2.40. The number of nitrogens with zero attached hydrogens (tertiary/aromatic N) is 2. The van der Waals surface area contributed by atoms with Gasteiger partial charge in [0, 0.05) is 4.88 Å². The Morgan fingerprint density at radius 1 is 1.33 bits per heavy atom. The van der Waals surface area contributed by atoms with Crippen molar-refractivity contribution in [3.05, 3.63) is 46.7 Å². The molecule has 0 unspecified atom stereocenters. The van der Waals surface area contributed by atoms with Crippen LogP contribution in [0.4, 0.5) is 5.95 Å². The second-order valence-electron chi connectivity index (χ2n) is 5.47. The Balaban J connectivity index is 1.95. The van der Waals surface area contributed by atoms with Crippen LogP contribution >= 0.6 is 11.3 Å². The molecular formula is C17H15N3O3S. The summed E-state index contributed by atoms with van der Waals surface area (Å²) in [6.45, 7) is 1.97. The molecule has 24 heavy (non-hydrogen) atoms. The fourth-order valence-corrected chi connectivity index (χ4v) is 3.97. The van der Waals surface area contributed by atoms with Crippen LogP contribution in [0.15, 0.2) is 41.8 Å². The number of amides is 1. The third-order valence-electron chi connectivity index (χ3n) is 4.08. The van der Waals surface area contributed by atoms with Crippen molar-refractivity contribution in [3.8, 4) is 0 Å². The number of ether oxygens (including phenoxy) is 1. The molecule has 2 atom stereocenters. The van der Waals surface area contributed by atoms with Crippen molar-refractivity contribution < 1.29 is 14.3 Å². The third-order valence-corrected chi connectivity index (χ3v) is 5.03. The van der Waals surface area contributed by atoms with E-state index in [-0.39, 0.29) is 12.5 Å². The van der Waals surface area contributed by atoms with E-state index >= 15 is 0 Å². The first-order chi connectivity index (χ1) is 11.7. The van der Waals surface area contributed by atoms with E-state index in [9.17, 15) is 9.59 Å². The maximum Gasteiger partial charge on any atom is 0.321 e. The van der Waals surface area contributed by atoms with E-state index in [0.717, 1.165) is 15.9 Å². The van der Waals surface area contributed by atoms with Crippen LogP contribution in [0.2, 0.25) is 0 Å². The summed E-state index contributed by atoms with van der Waals surface area (Å²) in [5.41, 5.74) is 1.65. The van der Waals surface area contributed by atoms with E-state index in [0.29, 0.717) is 5.95 Å². The average molecular weight is 341 g/mol. The van der Waals surface area contributed by atoms with E-state index < -0.39 is 17.9 Å². The Bertz CT molecular complexity index is 916. The minimum atomic E-state index is -0.936. The quantitative estimate of drug-likeness (QED) is 0.587. The van der Waals surface area contributed by atoms with Crippen molar-refractivity contribution in [2.45, 2.75) is 13.0 Å². The van der Waals surface area contributed by atoms with E-state index in [1.807, 2.05) is 46.3 Å². The third kappa shape index (κ3) is 2.20. The summed E-state index contributed by atoms with van der Waals surface area (Å²) in [6, 6.07) is 11.0. The summed E-state index contributed by atoms with van der Waals surface area (Å²) in [5.74, 6) is -1.37. The number of nitrogens with one attached hydrogen (secondary N) is 1. The number of carbonyl (C=O) groups is 2. The second kappa shape index (κ2) is 5.76. The predicted octanol–water partition coefficient (Wildman–Crippen LogP) is 2.82. The van der Waals surface area contributed by atoms with Gasteiger partial charge in [-0.25, -0.2) is 4.98 Å². The molecule has 7 heteroatoms. The Kier molecular flexibility index (Phi) is 3.57. The number of thiophene rings is 1. The summed E-state index contributed by atoms with van der Waals surface area (Å²) in [5, 5.41) is 4.68. The summed E-state index contributed by atoms with van der Waals surface area (Å²) in [4.78, 5) is 30.5. The van der Waals surface area contributed by atoms with Crippen LogP contribution in [0.5, 0.6) is 0 Å². The lowest BCUT2D eigenvalue weighted by Crippen LogP contribution is -2.43. The lowest BCUT2D eigenvalue weighted by atomic mass is 9.95. The minimum Gasteiger partial charge on any atom is -0.465 e. The Morgan fingerprint density at radius 2 is 2.17 bits per heavy atom. The van der Waals surface area contributed by atoms with Crippen molar-refractivity contribution in [2.24, 2.45) is 5.92 Å². The number of esters is 1. The molecule has 1 amide bonds. The van der Waals surface area contributed by atoms with Gasteiger partial charge in [0.1, 0.15) is 0 Å². The zero-order valence-electron chi connectivity index (χ0n) is 12.9. The molecule has 0 aliphatic carbocycles. The van der Waals surface area contributed by atoms with Crippen molar-refractivity contribution >= 4 is 40.2 Å². The van der Waals surface area contributed by atoms with Crippen molar-refractivity contribution in [1.29, 1.82) is 0 Å². The standard InChI is InChI=1S/C17H15N3O3S/c1-2-23-16(22)13-14(12-8-5-9-24-12)20-11-7-4-3-6-10(11)18-17(20)19-15(13)21/h3-9,13-14H,2H2,1H3,(H,18,19,21)/t13-,14+/m1/s1. The zero-order chi connectivity index (χ0) is 16.7. The smallest absolute Gasteiger partial charge is 0.321 e. The molecule has 4 rings (SSSR count). The maximum atomic E-state index is 12.6. The number of carbonyl (C=O) groups excluding carboxylic acids is 2. The molecule has 1 aromatic carbocycles. The molecule has 2 aromatic heterocycles. The Labute approximate surface area is 142 Å². The van der Waals surface area contributed by atoms with Crippen molar-refractivity contribution in [2.75, 3.05) is 11.9 Å². The number of aromatic nitrogens is 2. The van der Waals surface area contributed by atoms with Gasteiger partial charge in [0.2, 0.25) is 11.9 Å². The first kappa shape index (κ1) is 14.9. The molecule has 3 aromatic rings. The highest BCUT2D eigenvalue weighted by atomic mass is 32.1. The van der Waals surface area contributed by atoms with Crippen LogP contribution in [0.25, 0.3) is 11.0 Å². The maximum absolute atomic E-state index is 12.6. The SMILES string of the molecule is CCOC(=O)[C@H]1C(=O)Nc2nc3ccccc3n2[C@H]1c1cccs1. The molecular weight excluding hydrogens is 326 g/mol. The number of imidazole rings is 1. The fourth-order valence-electron chi connectivity index (χ4n) is 3.11. The average Bonchev–Trinajstić information content (AvgIpc) is 3.21. The lowest BCUT2D eigenvalue weighted by molar-refractivity contribution is -0.152. The van der Waals surface area contributed by atoms with E-state index in [2.05, 4.69) is 10.3 Å². The van der Waals surface area contributed by atoms with E-state index in [4.69, 9.17) is 4.74 Å². The van der Waals surface area contributed by atoms with Crippen LogP contribution < -0.4 is 5.32 Å². The van der Waals surface area contributed by atoms with Gasteiger partial charge in [-0.05, 0) is 30.5 Å². The number of fused-ring (bicyclic) bond motifs is 3. The first-order valence-corrected chi connectivity index (χ1v) is 8.56. The monoisotopic (exact) mass is 341 g/mol. The molecule has 1 aliphatic heterocycles. The zero-order valence-corrected chi connectivity index (χ0v) is 13.7. The van der Waals surface area contributed by atoms with Crippen LogP contribution in [-0.2, 0) is 14.3 Å². The number of benzene rings is 1. The van der Waals surface area contributed by atoms with Gasteiger partial charge in [0.25, 0.3) is 0 Å². The molecule has 0 saturated carbocycles. The van der Waals surface area contributed by atoms with Gasteiger partial charge in [-0.15, -0.1) is 11.3 Å². The number of rotatable bonds is 3. The van der Waals surface area contributed by atoms with Crippen molar-refractivity contribution in [3.63, 3.8) is 0 Å². The molecule has 0 bridgehead atoms. The Hall–Kier alpha value is -2.67. The minimum absolute atomic E-state index is 0.233. The van der Waals surface area contributed by atoms with Crippen molar-refractivity contribution in [1.82, 2.24) is 9.55 Å². The number of anilines is 1. The van der Waals surface area contributed by atoms with E-state index in [1.54, 1.807) is 6.92 Å². The molecule has 0 radical (unpaired) electrons. The summed E-state index contributed by atoms with van der Waals surface area (Å²) < 4.78 is 7.08. The highest BCUT2D eigenvalue weighted by molar-refractivity contribution is 7.10. The second-order valence-corrected chi connectivity index (χ2v) is 6.45. The molecule has 6 nitrogen and oxygen atoms in total. The van der Waals surface area contributed by atoms with Gasteiger partial charge in [-0.1, -0.05) is 18.2 Å². The van der Waals surface area contributed by atoms with Crippen LogP contribution in [-0.4, -0.2) is 28.0 Å². The molecule has 3 heterocycles. The van der Waals surface area contributed by atoms with Gasteiger partial charge in [0.15, 0.2) is 5.92 Å². The normalized spacial score (nSPS) is 19.8. The molecule has 1 aliphatic rings. The number of hydrogen-bond donors (Lipinski definition) is 1.